The average molecular weight is 634 g/mol. The van der Waals surface area contributed by atoms with Gasteiger partial charge >= 0.3 is 5.97 Å². The van der Waals surface area contributed by atoms with E-state index in [4.69, 9.17) is 24.9 Å². The van der Waals surface area contributed by atoms with Crippen molar-refractivity contribution in [2.75, 3.05) is 46.1 Å². The number of aromatic nitrogens is 3. The number of hydrogen-bond acceptors (Lipinski definition) is 9. The maximum atomic E-state index is 12.7. The van der Waals surface area contributed by atoms with Gasteiger partial charge in [0.15, 0.2) is 0 Å². The van der Waals surface area contributed by atoms with Crippen LogP contribution in [0, 0.1) is 6.92 Å². The summed E-state index contributed by atoms with van der Waals surface area (Å²) in [5.74, 6) is -0.378. The summed E-state index contributed by atoms with van der Waals surface area (Å²) in [5, 5.41) is 12.3. The van der Waals surface area contributed by atoms with E-state index in [1.165, 1.54) is 15.4 Å². The Balaban J connectivity index is 1.20. The highest BCUT2D eigenvalue weighted by Crippen LogP contribution is 2.35. The van der Waals surface area contributed by atoms with E-state index < -0.39 is 9.24 Å². The van der Waals surface area contributed by atoms with Gasteiger partial charge in [-0.3, -0.25) is 4.79 Å². The molecule has 1 aromatic heterocycles. The van der Waals surface area contributed by atoms with E-state index in [1.54, 1.807) is 0 Å². The summed E-state index contributed by atoms with van der Waals surface area (Å²) in [6, 6.07) is 10.7. The third-order valence-electron chi connectivity index (χ3n) is 8.29. The summed E-state index contributed by atoms with van der Waals surface area (Å²) >= 11 is 0. The number of piperidine rings is 1. The molecule has 3 heterocycles. The molecule has 11 nitrogen and oxygen atoms in total. The smallest absolute Gasteiger partial charge is 0.306 e. The van der Waals surface area contributed by atoms with Crippen molar-refractivity contribution in [2.45, 2.75) is 64.6 Å². The Labute approximate surface area is 257 Å². The Bertz CT molecular complexity index is 1520. The molecule has 2 aromatic carbocycles. The van der Waals surface area contributed by atoms with Gasteiger partial charge in [0.2, 0.25) is 0 Å². The molecule has 13 heteroatoms. The molecule has 0 bridgehead atoms. The van der Waals surface area contributed by atoms with E-state index in [0.29, 0.717) is 58.9 Å². The quantitative estimate of drug-likeness (QED) is 0.171. The summed E-state index contributed by atoms with van der Waals surface area (Å²) in [6.07, 6.45) is 2.48. The number of nitrogens with one attached hydrogen (secondary N) is 1. The Kier molecular flexibility index (Phi) is 10.7. The molecule has 0 radical (unpaired) electrons. The first kappa shape index (κ1) is 31.8. The molecule has 2 aliphatic heterocycles. The highest BCUT2D eigenvalue weighted by molar-refractivity contribution is 8.11. The van der Waals surface area contributed by atoms with Crippen molar-refractivity contribution in [1.82, 2.24) is 24.6 Å². The zero-order chi connectivity index (χ0) is 30.4. The maximum Gasteiger partial charge on any atom is 0.306 e. The lowest BCUT2D eigenvalue weighted by atomic mass is 9.83. The van der Waals surface area contributed by atoms with Gasteiger partial charge in [0.25, 0.3) is 9.24 Å². The van der Waals surface area contributed by atoms with Crippen molar-refractivity contribution in [3.8, 4) is 0 Å². The number of hydrogen-bond donors (Lipinski definition) is 1. The standard InChI is InChI=1S/C30H40ClN5O6S/c1-3-41-29(37)19-27(23-5-4-22-8-11-32-20-24(22)18-23)26-6-7-28-30(21(26)2)33-34-36(28)14-15-40-16-17-42-25-9-12-35(13-10-25)43(31,38)39/h4-7,18,25,27,32H,3,8-17,19-20H2,1-2H3. The lowest BCUT2D eigenvalue weighted by molar-refractivity contribution is -0.143. The second-order valence-electron chi connectivity index (χ2n) is 11.0. The molecule has 1 saturated heterocycles. The second-order valence-corrected chi connectivity index (χ2v) is 13.5. The van der Waals surface area contributed by atoms with Gasteiger partial charge in [0.1, 0.15) is 5.52 Å². The van der Waals surface area contributed by atoms with Gasteiger partial charge in [-0.15, -0.1) is 5.10 Å². The largest absolute Gasteiger partial charge is 0.466 e. The summed E-state index contributed by atoms with van der Waals surface area (Å²) in [7, 11) is 1.75. The number of fused-ring (bicyclic) bond motifs is 2. The molecule has 1 atom stereocenters. The molecule has 0 spiro atoms. The molecule has 3 aromatic rings. The Morgan fingerprint density at radius 1 is 1.14 bits per heavy atom. The summed E-state index contributed by atoms with van der Waals surface area (Å²) in [5.41, 5.74) is 7.48. The van der Waals surface area contributed by atoms with Crippen molar-refractivity contribution in [3.05, 3.63) is 58.1 Å². The number of ether oxygens (including phenoxy) is 3. The fraction of sp³-hybridized carbons (Fsp3) is 0.567. The normalized spacial score (nSPS) is 17.2. The van der Waals surface area contributed by atoms with E-state index >= 15 is 0 Å². The molecule has 2 aliphatic rings. The first-order valence-electron chi connectivity index (χ1n) is 14.9. The Morgan fingerprint density at radius 2 is 1.95 bits per heavy atom. The van der Waals surface area contributed by atoms with Gasteiger partial charge in [-0.25, -0.2) is 4.68 Å². The van der Waals surface area contributed by atoms with E-state index in [0.717, 1.165) is 47.2 Å². The van der Waals surface area contributed by atoms with Crippen LogP contribution < -0.4 is 5.32 Å². The highest BCUT2D eigenvalue weighted by Gasteiger charge is 2.27. The van der Waals surface area contributed by atoms with Crippen LogP contribution in [-0.2, 0) is 47.8 Å². The van der Waals surface area contributed by atoms with Crippen LogP contribution in [0.2, 0.25) is 0 Å². The molecule has 0 amide bonds. The third kappa shape index (κ3) is 7.92. The molecule has 0 aliphatic carbocycles. The number of halogens is 1. The number of esters is 1. The number of carbonyl (C=O) groups is 1. The predicted molar refractivity (Wildman–Crippen MR) is 163 cm³/mol. The SMILES string of the molecule is CCOC(=O)CC(c1ccc2c(c1)CNCC2)c1ccc2c(nnn2CCOCCOC2CCN(S(=O)(=O)Cl)CC2)c1C. The first-order chi connectivity index (χ1) is 20.7. The van der Waals surface area contributed by atoms with E-state index in [9.17, 15) is 13.2 Å². The van der Waals surface area contributed by atoms with Crippen LogP contribution in [0.3, 0.4) is 0 Å². The number of aryl methyl sites for hydroxylation is 1. The van der Waals surface area contributed by atoms with Crippen LogP contribution in [0.4, 0.5) is 0 Å². The predicted octanol–water partition coefficient (Wildman–Crippen LogP) is 3.45. The van der Waals surface area contributed by atoms with Crippen LogP contribution in [0.25, 0.3) is 11.0 Å². The van der Waals surface area contributed by atoms with Crippen LogP contribution in [0.5, 0.6) is 0 Å². The number of rotatable bonds is 13. The monoisotopic (exact) mass is 633 g/mol. The minimum Gasteiger partial charge on any atom is -0.466 e. The fourth-order valence-corrected chi connectivity index (χ4v) is 7.04. The van der Waals surface area contributed by atoms with Crippen LogP contribution >= 0.6 is 10.7 Å². The maximum absolute atomic E-state index is 12.7. The molecule has 5 rings (SSSR count). The van der Waals surface area contributed by atoms with Gasteiger partial charge < -0.3 is 19.5 Å². The van der Waals surface area contributed by atoms with Crippen LogP contribution in [0.1, 0.15) is 59.9 Å². The van der Waals surface area contributed by atoms with Gasteiger partial charge in [0, 0.05) is 36.2 Å². The number of benzene rings is 2. The zero-order valence-electron chi connectivity index (χ0n) is 24.8. The van der Waals surface area contributed by atoms with Crippen molar-refractivity contribution in [3.63, 3.8) is 0 Å². The zero-order valence-corrected chi connectivity index (χ0v) is 26.3. The second kappa shape index (κ2) is 14.4. The number of nitrogens with zero attached hydrogens (tertiary/aromatic N) is 4. The molecular weight excluding hydrogens is 594 g/mol. The van der Waals surface area contributed by atoms with Gasteiger partial charge in [-0.2, -0.15) is 12.7 Å². The van der Waals surface area contributed by atoms with Gasteiger partial charge in [-0.05, 0) is 73.5 Å². The summed E-state index contributed by atoms with van der Waals surface area (Å²) in [6.45, 7) is 8.59. The Hall–Kier alpha value is -2.61. The summed E-state index contributed by atoms with van der Waals surface area (Å²) in [4.78, 5) is 12.7. The molecule has 1 fully saturated rings. The lowest BCUT2D eigenvalue weighted by Crippen LogP contribution is -2.39. The molecule has 234 valence electrons. The van der Waals surface area contributed by atoms with Crippen molar-refractivity contribution < 1.29 is 27.4 Å². The van der Waals surface area contributed by atoms with Gasteiger partial charge in [-0.1, -0.05) is 29.5 Å². The fourth-order valence-electron chi connectivity index (χ4n) is 5.98. The summed E-state index contributed by atoms with van der Waals surface area (Å²) < 4.78 is 43.0. The molecule has 1 N–H and O–H groups in total. The van der Waals surface area contributed by atoms with Crippen molar-refractivity contribution in [2.24, 2.45) is 0 Å². The van der Waals surface area contributed by atoms with E-state index in [-0.39, 0.29) is 24.4 Å². The average Bonchev–Trinajstić information content (AvgIpc) is 3.41. The molecule has 43 heavy (non-hydrogen) atoms. The van der Waals surface area contributed by atoms with E-state index in [1.807, 2.05) is 24.6 Å². The molecular formula is C30H40ClN5O6S. The first-order valence-corrected chi connectivity index (χ1v) is 17.2. The van der Waals surface area contributed by atoms with Crippen molar-refractivity contribution >= 4 is 36.9 Å². The van der Waals surface area contributed by atoms with Crippen LogP contribution in [0.15, 0.2) is 30.3 Å². The molecule has 1 unspecified atom stereocenters. The highest BCUT2D eigenvalue weighted by atomic mass is 35.7. The third-order valence-corrected chi connectivity index (χ3v) is 9.86. The van der Waals surface area contributed by atoms with Crippen LogP contribution in [-0.4, -0.2) is 85.9 Å². The molecule has 0 saturated carbocycles. The van der Waals surface area contributed by atoms with Crippen molar-refractivity contribution in [1.29, 1.82) is 0 Å². The topological polar surface area (TPSA) is 125 Å². The lowest BCUT2D eigenvalue weighted by Gasteiger charge is -2.29. The van der Waals surface area contributed by atoms with E-state index in [2.05, 4.69) is 39.9 Å². The number of carbonyl (C=O) groups excluding carboxylic acids is 1. The minimum absolute atomic E-state index is 0.000300. The minimum atomic E-state index is -3.66. The Morgan fingerprint density at radius 3 is 2.72 bits per heavy atom. The van der Waals surface area contributed by atoms with Gasteiger partial charge in [0.05, 0.1) is 51.0 Å².